The lowest BCUT2D eigenvalue weighted by molar-refractivity contribution is 0.0696. The molecular weight excluding hydrogens is 408 g/mol. The number of carboxylic acid groups (broad SMARTS) is 1. The topological polar surface area (TPSA) is 84.6 Å². The molecule has 4 N–H and O–H groups in total. The van der Waals surface area contributed by atoms with Crippen molar-refractivity contribution in [2.75, 3.05) is 0 Å². The van der Waals surface area contributed by atoms with Gasteiger partial charge in [0.15, 0.2) is 0 Å². The molecule has 0 saturated heterocycles. The van der Waals surface area contributed by atoms with Crippen LogP contribution in [-0.2, 0) is 19.4 Å². The minimum atomic E-state index is -0.836. The number of nitrogens with one attached hydrogen (secondary N) is 1. The number of fused-ring (bicyclic) bond motifs is 1. The summed E-state index contributed by atoms with van der Waals surface area (Å²) in [5.74, 6) is 5.99. The maximum Gasteiger partial charge on any atom is 0.337 e. The maximum atomic E-state index is 12.2. The van der Waals surface area contributed by atoms with E-state index in [4.69, 9.17) is 10.6 Å². The van der Waals surface area contributed by atoms with E-state index in [2.05, 4.69) is 19.3 Å². The molecule has 0 radical (unpaired) electrons. The Bertz CT molecular complexity index is 1120. The number of nitrogens with two attached hydrogens (primary N) is 1. The van der Waals surface area contributed by atoms with Crippen LogP contribution in [0.3, 0.4) is 0 Å². The first-order chi connectivity index (χ1) is 14.8. The highest BCUT2D eigenvalue weighted by Gasteiger charge is 2.33. The number of rotatable bonds is 6. The van der Waals surface area contributed by atoms with Crippen LogP contribution in [0.5, 0.6) is 11.5 Å². The largest absolute Gasteiger partial charge is 0.478 e. The van der Waals surface area contributed by atoms with Crippen LogP contribution in [-0.4, -0.2) is 11.1 Å². The lowest BCUT2D eigenvalue weighted by Crippen LogP contribution is -2.22. The number of thiophene rings is 1. The Morgan fingerprint density at radius 1 is 1.19 bits per heavy atom. The van der Waals surface area contributed by atoms with Gasteiger partial charge in [-0.15, -0.1) is 11.3 Å². The van der Waals surface area contributed by atoms with E-state index < -0.39 is 5.97 Å². The third-order valence-electron chi connectivity index (χ3n) is 5.90. The zero-order chi connectivity index (χ0) is 22.2. The summed E-state index contributed by atoms with van der Waals surface area (Å²) in [6.45, 7) is 7.04. The number of aromatic carboxylic acids is 1. The maximum absolute atomic E-state index is 12.2. The van der Waals surface area contributed by atoms with Gasteiger partial charge in [0, 0.05) is 16.3 Å². The van der Waals surface area contributed by atoms with Crippen LogP contribution >= 0.6 is 11.3 Å². The van der Waals surface area contributed by atoms with Crippen LogP contribution in [0.25, 0.3) is 10.4 Å². The molecule has 4 rings (SSSR count). The van der Waals surface area contributed by atoms with Crippen LogP contribution < -0.4 is 16.0 Å². The molecule has 31 heavy (non-hydrogen) atoms. The molecule has 3 aromatic rings. The smallest absolute Gasteiger partial charge is 0.337 e. The normalized spacial score (nSPS) is 14.8. The molecule has 0 amide bonds. The van der Waals surface area contributed by atoms with E-state index in [0.29, 0.717) is 12.1 Å². The highest BCUT2D eigenvalue weighted by Crippen LogP contribution is 2.46. The number of hydrogen-bond donors (Lipinski definition) is 3. The highest BCUT2D eigenvalue weighted by molar-refractivity contribution is 7.16. The third kappa shape index (κ3) is 4.51. The van der Waals surface area contributed by atoms with Gasteiger partial charge < -0.3 is 9.84 Å². The summed E-state index contributed by atoms with van der Waals surface area (Å²) in [5, 5.41) is 10.0. The first-order valence-electron chi connectivity index (χ1n) is 10.5. The van der Waals surface area contributed by atoms with Gasteiger partial charge in [0.25, 0.3) is 0 Å². The number of carbonyl (C=O) groups is 1. The van der Waals surface area contributed by atoms with Crippen LogP contribution in [0.2, 0.25) is 0 Å². The van der Waals surface area contributed by atoms with Crippen molar-refractivity contribution >= 4 is 17.3 Å². The van der Waals surface area contributed by atoms with Crippen LogP contribution in [0.15, 0.2) is 42.5 Å². The fourth-order valence-electron chi connectivity index (χ4n) is 4.22. The fraction of sp³-hybridized carbons (Fsp3) is 0.320. The molecule has 0 saturated carbocycles. The van der Waals surface area contributed by atoms with E-state index in [9.17, 15) is 9.90 Å². The van der Waals surface area contributed by atoms with Crippen molar-refractivity contribution in [3.63, 3.8) is 0 Å². The summed E-state index contributed by atoms with van der Waals surface area (Å²) in [5.41, 5.74) is 7.32. The van der Waals surface area contributed by atoms with Gasteiger partial charge >= 0.3 is 5.97 Å². The minimum Gasteiger partial charge on any atom is -0.478 e. The Balaban J connectivity index is 1.64. The summed E-state index contributed by atoms with van der Waals surface area (Å²) in [6.07, 6.45) is 2.85. The molecule has 0 bridgehead atoms. The summed E-state index contributed by atoms with van der Waals surface area (Å²) in [7, 11) is 0. The number of hydrazine groups is 1. The van der Waals surface area contributed by atoms with Crippen molar-refractivity contribution in [3.8, 4) is 21.9 Å². The van der Waals surface area contributed by atoms with Crippen LogP contribution in [0, 0.1) is 12.3 Å². The molecule has 0 aliphatic heterocycles. The van der Waals surface area contributed by atoms with Crippen molar-refractivity contribution in [1.82, 2.24) is 5.43 Å². The van der Waals surface area contributed by atoms with Gasteiger partial charge in [-0.1, -0.05) is 26.0 Å². The molecule has 0 atom stereocenters. The van der Waals surface area contributed by atoms with Crippen LogP contribution in [0.4, 0.5) is 0 Å². The minimum absolute atomic E-state index is 0.137. The van der Waals surface area contributed by atoms with Crippen molar-refractivity contribution in [2.45, 2.75) is 46.6 Å². The number of aryl methyl sites for hydroxylation is 2. The molecule has 0 spiro atoms. The quantitative estimate of drug-likeness (QED) is 0.341. The molecule has 0 unspecified atom stereocenters. The van der Waals surface area contributed by atoms with Gasteiger partial charge in [-0.25, -0.2) is 4.79 Å². The number of benzene rings is 2. The Kier molecular flexibility index (Phi) is 5.88. The summed E-state index contributed by atoms with van der Waals surface area (Å²) in [6, 6.07) is 13.6. The molecule has 6 heteroatoms. The molecule has 1 aliphatic rings. The Hall–Kier alpha value is -2.67. The van der Waals surface area contributed by atoms with Gasteiger partial charge in [-0.2, -0.15) is 0 Å². The number of ether oxygens (including phenoxy) is 1. The van der Waals surface area contributed by atoms with Gasteiger partial charge in [-0.05, 0) is 84.2 Å². The second kappa shape index (κ2) is 8.46. The van der Waals surface area contributed by atoms with Gasteiger partial charge in [-0.3, -0.25) is 11.3 Å². The fourth-order valence-corrected chi connectivity index (χ4v) is 5.62. The lowest BCUT2D eigenvalue weighted by Gasteiger charge is -2.29. The SMILES string of the molecule is Cc1cc(Oc2ccc(CNN)cc2)ccc1-c1sc2c(c1C(=O)O)CC(C)(C)CC2. The van der Waals surface area contributed by atoms with E-state index in [-0.39, 0.29) is 5.41 Å². The predicted octanol–water partition coefficient (Wildman–Crippen LogP) is 5.69. The van der Waals surface area contributed by atoms with Crippen molar-refractivity contribution < 1.29 is 14.6 Å². The van der Waals surface area contributed by atoms with Crippen molar-refractivity contribution in [1.29, 1.82) is 0 Å². The van der Waals surface area contributed by atoms with Gasteiger partial charge in [0.2, 0.25) is 0 Å². The van der Waals surface area contributed by atoms with Crippen molar-refractivity contribution in [3.05, 3.63) is 69.6 Å². The van der Waals surface area contributed by atoms with E-state index >= 15 is 0 Å². The Labute approximate surface area is 186 Å². The first kappa shape index (κ1) is 21.6. The van der Waals surface area contributed by atoms with E-state index in [1.54, 1.807) is 11.3 Å². The monoisotopic (exact) mass is 436 g/mol. The average Bonchev–Trinajstić information content (AvgIpc) is 3.07. The second-order valence-electron chi connectivity index (χ2n) is 8.96. The van der Waals surface area contributed by atoms with E-state index in [1.807, 2.05) is 49.4 Å². The number of hydrogen-bond acceptors (Lipinski definition) is 5. The average molecular weight is 437 g/mol. The molecule has 1 aliphatic carbocycles. The Morgan fingerprint density at radius 2 is 1.90 bits per heavy atom. The summed E-state index contributed by atoms with van der Waals surface area (Å²) in [4.78, 5) is 14.3. The summed E-state index contributed by atoms with van der Waals surface area (Å²) < 4.78 is 6.00. The van der Waals surface area contributed by atoms with Gasteiger partial charge in [0.1, 0.15) is 11.5 Å². The first-order valence-corrected chi connectivity index (χ1v) is 11.3. The number of carboxylic acids is 1. The molecule has 162 valence electrons. The van der Waals surface area contributed by atoms with Gasteiger partial charge in [0.05, 0.1) is 5.56 Å². The molecule has 1 aromatic heterocycles. The lowest BCUT2D eigenvalue weighted by atomic mass is 9.76. The zero-order valence-corrected chi connectivity index (χ0v) is 18.9. The molecular formula is C25H28N2O3S. The Morgan fingerprint density at radius 3 is 2.55 bits per heavy atom. The predicted molar refractivity (Wildman–Crippen MR) is 125 cm³/mol. The standard InChI is InChI=1S/C25H28N2O3S/c1-15-12-18(30-17-6-4-16(5-7-17)14-27-26)8-9-19(15)23-22(24(28)29)20-13-25(2,3)11-10-21(20)31-23/h4-9,12,27H,10-11,13-14,26H2,1-3H3,(H,28,29). The van der Waals surface area contributed by atoms with E-state index in [0.717, 1.165) is 57.9 Å². The second-order valence-corrected chi connectivity index (χ2v) is 10.1. The van der Waals surface area contributed by atoms with Crippen molar-refractivity contribution in [2.24, 2.45) is 11.3 Å². The highest BCUT2D eigenvalue weighted by atomic mass is 32.1. The molecule has 1 heterocycles. The zero-order valence-electron chi connectivity index (χ0n) is 18.1. The molecule has 5 nitrogen and oxygen atoms in total. The van der Waals surface area contributed by atoms with Crippen LogP contribution in [0.1, 0.15) is 52.2 Å². The molecule has 2 aromatic carbocycles. The third-order valence-corrected chi connectivity index (χ3v) is 7.22. The summed E-state index contributed by atoms with van der Waals surface area (Å²) >= 11 is 1.64. The molecule has 0 fully saturated rings. The van der Waals surface area contributed by atoms with E-state index in [1.165, 1.54) is 4.88 Å².